The number of halogens is 1. The molecule has 0 bridgehead atoms. The maximum atomic E-state index is 13.1. The Kier molecular flexibility index (Phi) is 5.30. The summed E-state index contributed by atoms with van der Waals surface area (Å²) in [6.07, 6.45) is 2.49. The molecule has 2 aromatic carbocycles. The molecule has 5 nitrogen and oxygen atoms in total. The highest BCUT2D eigenvalue weighted by molar-refractivity contribution is 7.89. The Labute approximate surface area is 163 Å². The fourth-order valence-electron chi connectivity index (χ4n) is 3.56. The molecule has 1 N–H and O–H groups in total. The number of rotatable bonds is 6. The summed E-state index contributed by atoms with van der Waals surface area (Å²) in [7, 11) is -3.75. The molecule has 4 rings (SSSR count). The lowest BCUT2D eigenvalue weighted by Gasteiger charge is -2.34. The second-order valence-corrected chi connectivity index (χ2v) is 8.59. The SMILES string of the molecule is O=S(=O)(NCC(c1ccco1)N1CCc2ccccc2C1)c1ccc(F)cc1. The molecule has 0 amide bonds. The van der Waals surface area contributed by atoms with Gasteiger partial charge in [0.2, 0.25) is 10.0 Å². The van der Waals surface area contributed by atoms with E-state index in [0.717, 1.165) is 31.6 Å². The molecule has 1 aromatic heterocycles. The van der Waals surface area contributed by atoms with Crippen LogP contribution in [0, 0.1) is 5.82 Å². The van der Waals surface area contributed by atoms with Crippen molar-refractivity contribution in [1.82, 2.24) is 9.62 Å². The summed E-state index contributed by atoms with van der Waals surface area (Å²) < 4.78 is 46.6. The van der Waals surface area contributed by atoms with Crippen molar-refractivity contribution in [3.63, 3.8) is 0 Å². The lowest BCUT2D eigenvalue weighted by Crippen LogP contribution is -2.40. The number of sulfonamides is 1. The van der Waals surface area contributed by atoms with Crippen LogP contribution in [0.5, 0.6) is 0 Å². The molecule has 0 saturated carbocycles. The van der Waals surface area contributed by atoms with Gasteiger partial charge in [-0.25, -0.2) is 17.5 Å². The van der Waals surface area contributed by atoms with Crippen molar-refractivity contribution < 1.29 is 17.2 Å². The zero-order valence-electron chi connectivity index (χ0n) is 15.2. The van der Waals surface area contributed by atoms with E-state index in [-0.39, 0.29) is 17.5 Å². The van der Waals surface area contributed by atoms with Gasteiger partial charge in [-0.15, -0.1) is 0 Å². The molecule has 0 fully saturated rings. The molecule has 146 valence electrons. The Morgan fingerprint density at radius 2 is 1.79 bits per heavy atom. The second kappa shape index (κ2) is 7.87. The second-order valence-electron chi connectivity index (χ2n) is 6.83. The first-order valence-electron chi connectivity index (χ1n) is 9.12. The third kappa shape index (κ3) is 4.01. The lowest BCUT2D eigenvalue weighted by atomic mass is 9.98. The van der Waals surface area contributed by atoms with E-state index < -0.39 is 15.8 Å². The first-order chi connectivity index (χ1) is 13.5. The standard InChI is InChI=1S/C21H21FN2O3S/c22-18-7-9-19(10-8-18)28(25,26)23-14-20(21-6-3-13-27-21)24-12-11-16-4-1-2-5-17(16)15-24/h1-10,13,20,23H,11-12,14-15H2. The van der Waals surface area contributed by atoms with Crippen molar-refractivity contribution in [3.05, 3.63) is 89.6 Å². The molecule has 0 saturated heterocycles. The molecule has 7 heteroatoms. The summed E-state index contributed by atoms with van der Waals surface area (Å²) in [6.45, 7) is 1.69. The molecule has 0 spiro atoms. The maximum Gasteiger partial charge on any atom is 0.240 e. The van der Waals surface area contributed by atoms with Gasteiger partial charge in [-0.3, -0.25) is 4.90 Å². The molecule has 0 radical (unpaired) electrons. The predicted molar refractivity (Wildman–Crippen MR) is 104 cm³/mol. The summed E-state index contributed by atoms with van der Waals surface area (Å²) >= 11 is 0. The zero-order valence-corrected chi connectivity index (χ0v) is 16.0. The van der Waals surface area contributed by atoms with Crippen LogP contribution >= 0.6 is 0 Å². The maximum absolute atomic E-state index is 13.1. The monoisotopic (exact) mass is 400 g/mol. The molecule has 3 aromatic rings. The molecule has 1 aliphatic rings. The van der Waals surface area contributed by atoms with Crippen LogP contribution in [-0.4, -0.2) is 26.4 Å². The quantitative estimate of drug-likeness (QED) is 0.688. The van der Waals surface area contributed by atoms with Crippen LogP contribution in [0.3, 0.4) is 0 Å². The number of hydrogen-bond donors (Lipinski definition) is 1. The van der Waals surface area contributed by atoms with Crippen LogP contribution in [0.1, 0.15) is 22.9 Å². The van der Waals surface area contributed by atoms with E-state index in [9.17, 15) is 12.8 Å². The van der Waals surface area contributed by atoms with Gasteiger partial charge in [-0.05, 0) is 53.9 Å². The Hall–Kier alpha value is -2.48. The largest absolute Gasteiger partial charge is 0.468 e. The normalized spacial score (nSPS) is 15.9. The fourth-order valence-corrected chi connectivity index (χ4v) is 4.60. The molecular formula is C21H21FN2O3S. The fraction of sp³-hybridized carbons (Fsp3) is 0.238. The molecule has 0 aliphatic carbocycles. The minimum Gasteiger partial charge on any atom is -0.468 e. The Morgan fingerprint density at radius 3 is 2.50 bits per heavy atom. The van der Waals surface area contributed by atoms with Crippen molar-refractivity contribution >= 4 is 10.0 Å². The number of fused-ring (bicyclic) bond motifs is 1. The average Bonchev–Trinajstić information content (AvgIpc) is 3.23. The molecule has 1 aliphatic heterocycles. The minimum atomic E-state index is -3.75. The third-order valence-corrected chi connectivity index (χ3v) is 6.50. The van der Waals surface area contributed by atoms with Gasteiger partial charge < -0.3 is 4.42 Å². The van der Waals surface area contributed by atoms with E-state index in [4.69, 9.17) is 4.42 Å². The lowest BCUT2D eigenvalue weighted by molar-refractivity contribution is 0.160. The van der Waals surface area contributed by atoms with Gasteiger partial charge >= 0.3 is 0 Å². The number of hydrogen-bond acceptors (Lipinski definition) is 4. The minimum absolute atomic E-state index is 0.0380. The van der Waals surface area contributed by atoms with E-state index in [1.54, 1.807) is 12.3 Å². The van der Waals surface area contributed by atoms with Crippen LogP contribution in [0.15, 0.2) is 76.2 Å². The average molecular weight is 400 g/mol. The van der Waals surface area contributed by atoms with E-state index in [2.05, 4.69) is 21.8 Å². The van der Waals surface area contributed by atoms with Gasteiger partial charge in [0, 0.05) is 19.6 Å². The Balaban J connectivity index is 1.54. The van der Waals surface area contributed by atoms with Gasteiger partial charge in [-0.2, -0.15) is 0 Å². The van der Waals surface area contributed by atoms with Gasteiger partial charge in [0.15, 0.2) is 0 Å². The first kappa shape index (κ1) is 18.9. The van der Waals surface area contributed by atoms with Crippen LogP contribution in [0.2, 0.25) is 0 Å². The molecule has 28 heavy (non-hydrogen) atoms. The highest BCUT2D eigenvalue weighted by atomic mass is 32.2. The van der Waals surface area contributed by atoms with E-state index >= 15 is 0 Å². The first-order valence-corrected chi connectivity index (χ1v) is 10.6. The summed E-state index contributed by atoms with van der Waals surface area (Å²) in [4.78, 5) is 2.25. The van der Waals surface area contributed by atoms with Gasteiger partial charge in [0.1, 0.15) is 11.6 Å². The van der Waals surface area contributed by atoms with Crippen molar-refractivity contribution in [3.8, 4) is 0 Å². The number of nitrogens with zero attached hydrogens (tertiary/aromatic N) is 1. The van der Waals surface area contributed by atoms with Crippen molar-refractivity contribution in [2.75, 3.05) is 13.1 Å². The zero-order chi connectivity index (χ0) is 19.6. The topological polar surface area (TPSA) is 62.6 Å². The summed E-state index contributed by atoms with van der Waals surface area (Å²) in [5, 5.41) is 0. The van der Waals surface area contributed by atoms with Gasteiger partial charge in [-0.1, -0.05) is 24.3 Å². The summed E-state index contributed by atoms with van der Waals surface area (Å²) in [5.74, 6) is 0.237. The molecule has 2 heterocycles. The molecule has 1 unspecified atom stereocenters. The van der Waals surface area contributed by atoms with Crippen LogP contribution < -0.4 is 4.72 Å². The van der Waals surface area contributed by atoms with Crippen molar-refractivity contribution in [2.45, 2.75) is 23.9 Å². The number of nitrogens with one attached hydrogen (secondary N) is 1. The van der Waals surface area contributed by atoms with Crippen LogP contribution in [0.25, 0.3) is 0 Å². The van der Waals surface area contributed by atoms with Crippen LogP contribution in [-0.2, 0) is 23.0 Å². The smallest absolute Gasteiger partial charge is 0.240 e. The van der Waals surface area contributed by atoms with Crippen molar-refractivity contribution in [1.29, 1.82) is 0 Å². The molecular weight excluding hydrogens is 379 g/mol. The molecule has 1 atom stereocenters. The highest BCUT2D eigenvalue weighted by Crippen LogP contribution is 2.28. The van der Waals surface area contributed by atoms with Crippen molar-refractivity contribution in [2.24, 2.45) is 0 Å². The summed E-state index contributed by atoms with van der Waals surface area (Å²) in [6, 6.07) is 16.5. The number of benzene rings is 2. The predicted octanol–water partition coefficient (Wildman–Crippen LogP) is 3.50. The van der Waals surface area contributed by atoms with Gasteiger partial charge in [0.05, 0.1) is 17.2 Å². The Bertz CT molecular complexity index is 1030. The van der Waals surface area contributed by atoms with Crippen LogP contribution in [0.4, 0.5) is 4.39 Å². The van der Waals surface area contributed by atoms with E-state index in [1.165, 1.54) is 23.3 Å². The number of furan rings is 1. The van der Waals surface area contributed by atoms with E-state index in [0.29, 0.717) is 5.76 Å². The van der Waals surface area contributed by atoms with E-state index in [1.807, 2.05) is 18.2 Å². The highest BCUT2D eigenvalue weighted by Gasteiger charge is 2.28. The third-order valence-electron chi connectivity index (χ3n) is 5.06. The van der Waals surface area contributed by atoms with Gasteiger partial charge in [0.25, 0.3) is 0 Å². The summed E-state index contributed by atoms with van der Waals surface area (Å²) in [5.41, 5.74) is 2.57. The Morgan fingerprint density at radius 1 is 1.04 bits per heavy atom.